The zero-order chi connectivity index (χ0) is 40.4. The van der Waals surface area contributed by atoms with Gasteiger partial charge in [0.15, 0.2) is 42.7 Å². The number of Topliss-reactive ketones (excluding diaryl/α,β-unsaturated/α-hetero) is 2. The molecule has 293 valence electrons. The molecule has 4 rings (SSSR count). The van der Waals surface area contributed by atoms with Crippen LogP contribution in [0.1, 0.15) is 13.8 Å². The number of hydrazone groups is 2. The summed E-state index contributed by atoms with van der Waals surface area (Å²) in [6, 6.07) is 19.9. The van der Waals surface area contributed by atoms with Crippen LogP contribution in [0.5, 0.6) is 11.5 Å². The SMILES string of the molecule is CC(=O)/C(=N\Nc1cc(S(C)(=O)=O)ccc1O)C(=O)Nc1ccccc1Cl.CC(=O)/C(=N\Nc1cc(S(C)(=O)=O)ccc1O)C(=O)Nc1ccccc1Cl.[Co].[Na+]. The van der Waals surface area contributed by atoms with Gasteiger partial charge in [-0.2, -0.15) is 10.2 Å². The molecule has 6 N–H and O–H groups in total. The third-order valence-corrected chi connectivity index (χ3v) is 9.59. The maximum atomic E-state index is 12.3. The minimum absolute atomic E-state index is 0. The fourth-order valence-electron chi connectivity index (χ4n) is 3.97. The van der Waals surface area contributed by atoms with Gasteiger partial charge in [0.2, 0.25) is 0 Å². The van der Waals surface area contributed by atoms with Crippen LogP contribution in [0.3, 0.4) is 0 Å². The third kappa shape index (κ3) is 14.6. The van der Waals surface area contributed by atoms with E-state index in [0.717, 1.165) is 50.6 Å². The Balaban J connectivity index is 0.000000541. The van der Waals surface area contributed by atoms with Crippen molar-refractivity contribution >= 4 is 100 Å². The van der Waals surface area contributed by atoms with Crippen LogP contribution >= 0.6 is 23.2 Å². The van der Waals surface area contributed by atoms with E-state index in [-0.39, 0.29) is 89.0 Å². The Morgan fingerprint density at radius 3 is 1.18 bits per heavy atom. The number of halogens is 2. The van der Waals surface area contributed by atoms with Crippen LogP contribution in [0, 0.1) is 0 Å². The number of rotatable bonds is 12. The normalized spacial score (nSPS) is 11.3. The largest absolute Gasteiger partial charge is 1.00 e. The number of anilines is 4. The van der Waals surface area contributed by atoms with Gasteiger partial charge in [-0.15, -0.1) is 0 Å². The molecule has 0 unspecified atom stereocenters. The molecule has 22 heteroatoms. The fourth-order valence-corrected chi connectivity index (χ4v) is 5.63. The smallest absolute Gasteiger partial charge is 0.506 e. The van der Waals surface area contributed by atoms with E-state index >= 15 is 0 Å². The summed E-state index contributed by atoms with van der Waals surface area (Å²) in [6.45, 7) is 2.28. The molecular formula is C34H32Cl2CoN6NaO10S2+. The quantitative estimate of drug-likeness (QED) is 0.0393. The average molecular weight is 902 g/mol. The fraction of sp³-hybridized carbons (Fsp3) is 0.118. The van der Waals surface area contributed by atoms with Crippen molar-refractivity contribution in [3.05, 3.63) is 95.0 Å². The Morgan fingerprint density at radius 2 is 0.893 bits per heavy atom. The number of nitrogens with zero attached hydrogens (tertiary/aromatic N) is 2. The zero-order valence-corrected chi connectivity index (χ0v) is 36.2. The third-order valence-electron chi connectivity index (χ3n) is 6.71. The predicted molar refractivity (Wildman–Crippen MR) is 206 cm³/mol. The summed E-state index contributed by atoms with van der Waals surface area (Å²) in [5.41, 5.74) is 4.14. The molecule has 56 heavy (non-hydrogen) atoms. The van der Waals surface area contributed by atoms with E-state index in [1.165, 1.54) is 12.1 Å². The molecule has 0 saturated heterocycles. The van der Waals surface area contributed by atoms with Crippen molar-refractivity contribution in [2.24, 2.45) is 10.2 Å². The number of aromatic hydroxyl groups is 2. The number of carbonyl (C=O) groups excluding carboxylic acids is 4. The van der Waals surface area contributed by atoms with Crippen LogP contribution in [0.4, 0.5) is 22.7 Å². The summed E-state index contributed by atoms with van der Waals surface area (Å²) < 4.78 is 46.4. The van der Waals surface area contributed by atoms with Gasteiger partial charge in [-0.1, -0.05) is 47.5 Å². The summed E-state index contributed by atoms with van der Waals surface area (Å²) in [6.07, 6.45) is 2.01. The summed E-state index contributed by atoms with van der Waals surface area (Å²) in [5, 5.41) is 32.6. The van der Waals surface area contributed by atoms with Gasteiger partial charge in [0, 0.05) is 43.1 Å². The Labute approximate surface area is 364 Å². The van der Waals surface area contributed by atoms with Crippen LogP contribution in [-0.4, -0.2) is 74.4 Å². The molecule has 0 spiro atoms. The first-order valence-electron chi connectivity index (χ1n) is 15.1. The molecule has 0 aliphatic heterocycles. The van der Waals surface area contributed by atoms with Gasteiger partial charge in [-0.25, -0.2) is 16.8 Å². The molecule has 1 radical (unpaired) electrons. The monoisotopic (exact) mass is 900 g/mol. The second-order valence-electron chi connectivity index (χ2n) is 11.0. The molecular weight excluding hydrogens is 869 g/mol. The maximum absolute atomic E-state index is 12.3. The van der Waals surface area contributed by atoms with Crippen LogP contribution < -0.4 is 51.0 Å². The van der Waals surface area contributed by atoms with E-state index in [1.54, 1.807) is 48.5 Å². The topological polar surface area (TPSA) is 250 Å². The van der Waals surface area contributed by atoms with Crippen molar-refractivity contribution in [1.29, 1.82) is 0 Å². The van der Waals surface area contributed by atoms with Gasteiger partial charge in [0.1, 0.15) is 11.5 Å². The number of phenols is 2. The number of sulfone groups is 2. The standard InChI is InChI=1S/2C17H16ClN3O5S.Co.Na/c2*1-10(22)16(17(24)19-13-6-4-3-5-12(13)18)21-20-14-9-11(27(2,25)26)7-8-15(14)23;;/h2*3-9,20,23H,1-2H3,(H,19,24);;/q;;;+1/b2*21-16+;;. The molecule has 0 bridgehead atoms. The minimum Gasteiger partial charge on any atom is -0.506 e. The maximum Gasteiger partial charge on any atom is 1.00 e. The van der Waals surface area contributed by atoms with Crippen molar-refractivity contribution < 1.29 is 92.6 Å². The number of benzene rings is 4. The molecule has 0 atom stereocenters. The van der Waals surface area contributed by atoms with Gasteiger partial charge in [0.05, 0.1) is 42.6 Å². The molecule has 0 aromatic heterocycles. The minimum atomic E-state index is -3.52. The average Bonchev–Trinajstić information content (AvgIpc) is 3.07. The number of carbonyl (C=O) groups is 4. The van der Waals surface area contributed by atoms with Crippen LogP contribution in [0.15, 0.2) is 105 Å². The second kappa shape index (κ2) is 21.8. The van der Waals surface area contributed by atoms with Crippen molar-refractivity contribution in [1.82, 2.24) is 0 Å². The van der Waals surface area contributed by atoms with Gasteiger partial charge in [-0.3, -0.25) is 30.0 Å². The number of hydrogen-bond donors (Lipinski definition) is 6. The van der Waals surface area contributed by atoms with Crippen molar-refractivity contribution in [2.75, 3.05) is 34.0 Å². The first-order valence-corrected chi connectivity index (χ1v) is 19.6. The number of para-hydroxylation sites is 2. The number of ketones is 2. The van der Waals surface area contributed by atoms with Crippen LogP contribution in [-0.2, 0) is 55.6 Å². The molecule has 0 fully saturated rings. The molecule has 0 heterocycles. The zero-order valence-electron chi connectivity index (χ0n) is 30.0. The van der Waals surface area contributed by atoms with Crippen molar-refractivity contribution in [3.63, 3.8) is 0 Å². The van der Waals surface area contributed by atoms with Gasteiger partial charge in [0.25, 0.3) is 11.8 Å². The van der Waals surface area contributed by atoms with E-state index < -0.39 is 54.5 Å². The second-order valence-corrected chi connectivity index (χ2v) is 15.9. The molecule has 4 aromatic carbocycles. The Bertz CT molecular complexity index is 2250. The number of nitrogens with one attached hydrogen (secondary N) is 4. The number of phenolic OH excluding ortho intramolecular Hbond substituents is 2. The Hall–Kier alpha value is -4.31. The van der Waals surface area contributed by atoms with E-state index in [4.69, 9.17) is 23.2 Å². The van der Waals surface area contributed by atoms with E-state index in [0.29, 0.717) is 11.4 Å². The van der Waals surface area contributed by atoms with Gasteiger partial charge < -0.3 is 20.8 Å². The summed E-state index contributed by atoms with van der Waals surface area (Å²) >= 11 is 11.9. The van der Waals surface area contributed by atoms with E-state index in [9.17, 15) is 46.2 Å². The first-order chi connectivity index (χ1) is 25.2. The summed E-state index contributed by atoms with van der Waals surface area (Å²) in [4.78, 5) is 48.0. The van der Waals surface area contributed by atoms with Crippen molar-refractivity contribution in [3.8, 4) is 11.5 Å². The van der Waals surface area contributed by atoms with E-state index in [1.807, 2.05) is 0 Å². The van der Waals surface area contributed by atoms with E-state index in [2.05, 4.69) is 31.7 Å². The molecule has 0 aliphatic rings. The molecule has 2 amide bonds. The Morgan fingerprint density at radius 1 is 0.571 bits per heavy atom. The molecule has 0 saturated carbocycles. The molecule has 16 nitrogen and oxygen atoms in total. The first kappa shape index (κ1) is 49.7. The summed E-state index contributed by atoms with van der Waals surface area (Å²) in [5.74, 6) is -3.54. The molecule has 4 aromatic rings. The van der Waals surface area contributed by atoms with Crippen molar-refractivity contribution in [2.45, 2.75) is 23.6 Å². The number of amides is 2. The molecule has 0 aliphatic carbocycles. The van der Waals surface area contributed by atoms with Gasteiger partial charge in [-0.05, 0) is 60.7 Å². The van der Waals surface area contributed by atoms with Crippen LogP contribution in [0.2, 0.25) is 10.0 Å². The Kier molecular flexibility index (Phi) is 19.4. The summed E-state index contributed by atoms with van der Waals surface area (Å²) in [7, 11) is -7.04. The van der Waals surface area contributed by atoms with Crippen LogP contribution in [0.25, 0.3) is 0 Å². The number of hydrogen-bond acceptors (Lipinski definition) is 14. The van der Waals surface area contributed by atoms with Gasteiger partial charge >= 0.3 is 29.6 Å². The predicted octanol–water partition coefficient (Wildman–Crippen LogP) is 1.89.